The van der Waals surface area contributed by atoms with Gasteiger partial charge in [0.15, 0.2) is 0 Å². The molecule has 156 valence electrons. The van der Waals surface area contributed by atoms with Crippen molar-refractivity contribution in [3.8, 4) is 0 Å². The van der Waals surface area contributed by atoms with Gasteiger partial charge in [-0.05, 0) is 17.7 Å². The lowest BCUT2D eigenvalue weighted by Gasteiger charge is -2.29. The van der Waals surface area contributed by atoms with Gasteiger partial charge in [0.05, 0.1) is 6.04 Å². The second-order valence-electron chi connectivity index (χ2n) is 7.33. The van der Waals surface area contributed by atoms with Crippen LogP contribution >= 0.6 is 23.1 Å². The van der Waals surface area contributed by atoms with Crippen molar-refractivity contribution in [1.29, 1.82) is 0 Å². The van der Waals surface area contributed by atoms with Crippen molar-refractivity contribution in [3.05, 3.63) is 52.9 Å². The topological polar surface area (TPSA) is 77.9 Å². The molecule has 2 saturated heterocycles. The van der Waals surface area contributed by atoms with Crippen LogP contribution in [0.25, 0.3) is 0 Å². The number of sulfonamides is 1. The Balaban J connectivity index is 1.60. The molecule has 2 aromatic rings. The number of hydrogen-bond acceptors (Lipinski definition) is 6. The van der Waals surface area contributed by atoms with Gasteiger partial charge in [-0.25, -0.2) is 8.42 Å². The van der Waals surface area contributed by atoms with Gasteiger partial charge in [0.2, 0.25) is 5.91 Å². The number of carbonyl (C=O) groups is 1. The molecule has 1 aromatic heterocycles. The van der Waals surface area contributed by atoms with Crippen LogP contribution in [0.4, 0.5) is 0 Å². The maximum Gasteiger partial charge on any atom is 0.252 e. The molecular formula is C20H24N2O4S3. The van der Waals surface area contributed by atoms with E-state index >= 15 is 0 Å². The average Bonchev–Trinajstić information content (AvgIpc) is 3.35. The minimum Gasteiger partial charge on any atom is -0.385 e. The van der Waals surface area contributed by atoms with Crippen molar-refractivity contribution < 1.29 is 18.3 Å². The minimum atomic E-state index is -3.54. The standard InChI is InChI=1S/C20H24N2O4S3/c1-21-17(23)13-15(14-5-3-2-4-6-14)19(21)20(24)16-7-8-18(28-16)29(25,26)22-9-11-27-12-10-22/h2-8,15,19-20,24H,9-13H2,1H3/t15-,19-,20?/m1/s1. The van der Waals surface area contributed by atoms with E-state index in [1.165, 1.54) is 4.31 Å². The molecule has 2 aliphatic heterocycles. The molecule has 0 radical (unpaired) electrons. The van der Waals surface area contributed by atoms with E-state index in [-0.39, 0.29) is 16.0 Å². The predicted molar refractivity (Wildman–Crippen MR) is 116 cm³/mol. The molecular weight excluding hydrogens is 428 g/mol. The summed E-state index contributed by atoms with van der Waals surface area (Å²) >= 11 is 2.86. The van der Waals surface area contributed by atoms with Crippen LogP contribution in [0.3, 0.4) is 0 Å². The van der Waals surface area contributed by atoms with Crippen molar-refractivity contribution in [2.45, 2.75) is 28.7 Å². The highest BCUT2D eigenvalue weighted by molar-refractivity contribution is 7.99. The number of thioether (sulfide) groups is 1. The third-order valence-electron chi connectivity index (χ3n) is 5.66. The highest BCUT2D eigenvalue weighted by atomic mass is 32.2. The Labute approximate surface area is 179 Å². The van der Waals surface area contributed by atoms with Crippen LogP contribution in [0.1, 0.15) is 28.9 Å². The first-order valence-electron chi connectivity index (χ1n) is 9.56. The number of carbonyl (C=O) groups excluding carboxylic acids is 1. The summed E-state index contributed by atoms with van der Waals surface area (Å²) in [6.45, 7) is 1.03. The predicted octanol–water partition coefficient (Wildman–Crippen LogP) is 2.53. The van der Waals surface area contributed by atoms with Crippen LogP contribution in [0, 0.1) is 0 Å². The van der Waals surface area contributed by atoms with Gasteiger partial charge in [-0.1, -0.05) is 30.3 Å². The molecule has 3 atom stereocenters. The fourth-order valence-corrected chi connectivity index (χ4v) is 8.13. The molecule has 4 rings (SSSR count). The first-order chi connectivity index (χ1) is 13.9. The van der Waals surface area contributed by atoms with Crippen molar-refractivity contribution in [1.82, 2.24) is 9.21 Å². The Morgan fingerprint density at radius 1 is 1.10 bits per heavy atom. The third kappa shape index (κ3) is 3.98. The minimum absolute atomic E-state index is 0.0156. The average molecular weight is 453 g/mol. The number of amides is 1. The Kier molecular flexibility index (Phi) is 6.04. The second-order valence-corrected chi connectivity index (χ2v) is 11.8. The van der Waals surface area contributed by atoms with E-state index in [1.807, 2.05) is 30.3 Å². The van der Waals surface area contributed by atoms with Crippen LogP contribution in [0.15, 0.2) is 46.7 Å². The van der Waals surface area contributed by atoms with Crippen LogP contribution in [0.2, 0.25) is 0 Å². The van der Waals surface area contributed by atoms with E-state index < -0.39 is 22.2 Å². The van der Waals surface area contributed by atoms with Crippen molar-refractivity contribution in [2.24, 2.45) is 0 Å². The molecule has 0 bridgehead atoms. The van der Waals surface area contributed by atoms with Gasteiger partial charge >= 0.3 is 0 Å². The van der Waals surface area contributed by atoms with Crippen molar-refractivity contribution >= 4 is 39.0 Å². The first-order valence-corrected chi connectivity index (χ1v) is 13.0. The number of aliphatic hydroxyl groups is 1. The zero-order valence-corrected chi connectivity index (χ0v) is 18.5. The maximum atomic E-state index is 12.9. The van der Waals surface area contributed by atoms with E-state index in [0.29, 0.717) is 24.4 Å². The zero-order chi connectivity index (χ0) is 20.6. The lowest BCUT2D eigenvalue weighted by molar-refractivity contribution is -0.128. The van der Waals surface area contributed by atoms with Gasteiger partial charge in [0, 0.05) is 48.9 Å². The lowest BCUT2D eigenvalue weighted by atomic mass is 9.88. The largest absolute Gasteiger partial charge is 0.385 e. The molecule has 9 heteroatoms. The van der Waals surface area contributed by atoms with E-state index in [9.17, 15) is 18.3 Å². The first kappa shape index (κ1) is 20.9. The van der Waals surface area contributed by atoms with Crippen molar-refractivity contribution in [3.63, 3.8) is 0 Å². The molecule has 2 fully saturated rings. The Morgan fingerprint density at radius 2 is 1.79 bits per heavy atom. The third-order valence-corrected chi connectivity index (χ3v) is 10.1. The number of nitrogens with zero attached hydrogens (tertiary/aromatic N) is 2. The SMILES string of the molecule is CN1C(=O)C[C@H](c2ccccc2)[C@@H]1C(O)c1ccc(S(=O)(=O)N2CCSCC2)s1. The molecule has 2 aliphatic rings. The Hall–Kier alpha value is -1.39. The summed E-state index contributed by atoms with van der Waals surface area (Å²) in [5.74, 6) is 1.45. The number of aliphatic hydroxyl groups excluding tert-OH is 1. The number of rotatable bonds is 5. The van der Waals surface area contributed by atoms with Crippen LogP contribution in [-0.2, 0) is 14.8 Å². The van der Waals surface area contributed by atoms with Gasteiger partial charge in [0.25, 0.3) is 10.0 Å². The Bertz CT molecular complexity index is 971. The molecule has 6 nitrogen and oxygen atoms in total. The molecule has 29 heavy (non-hydrogen) atoms. The van der Waals surface area contributed by atoms with Crippen LogP contribution in [-0.4, -0.2) is 66.3 Å². The van der Waals surface area contributed by atoms with E-state index in [2.05, 4.69) is 0 Å². The molecule has 0 spiro atoms. The molecule has 3 heterocycles. The summed E-state index contributed by atoms with van der Waals surface area (Å²) in [4.78, 5) is 14.6. The number of likely N-dealkylation sites (tertiary alicyclic amines) is 1. The summed E-state index contributed by atoms with van der Waals surface area (Å²) in [5, 5.41) is 11.1. The fourth-order valence-electron chi connectivity index (χ4n) is 4.05. The van der Waals surface area contributed by atoms with Gasteiger partial charge in [-0.15, -0.1) is 11.3 Å². The van der Waals surface area contributed by atoms with Crippen molar-refractivity contribution in [2.75, 3.05) is 31.6 Å². The summed E-state index contributed by atoms with van der Waals surface area (Å²) < 4.78 is 27.6. The molecule has 1 unspecified atom stereocenters. The normalized spacial score (nSPS) is 24.8. The maximum absolute atomic E-state index is 12.9. The fraction of sp³-hybridized carbons (Fsp3) is 0.450. The molecule has 0 saturated carbocycles. The van der Waals surface area contributed by atoms with E-state index in [1.54, 1.807) is 35.8 Å². The molecule has 1 aromatic carbocycles. The van der Waals surface area contributed by atoms with Gasteiger partial charge in [-0.3, -0.25) is 4.79 Å². The van der Waals surface area contributed by atoms with Gasteiger partial charge in [-0.2, -0.15) is 16.1 Å². The highest BCUT2D eigenvalue weighted by Crippen LogP contribution is 2.42. The van der Waals surface area contributed by atoms with Crippen LogP contribution in [0.5, 0.6) is 0 Å². The number of benzene rings is 1. The molecule has 1 amide bonds. The molecule has 1 N–H and O–H groups in total. The molecule has 0 aliphatic carbocycles. The number of likely N-dealkylation sites (N-methyl/N-ethyl adjacent to an activating group) is 1. The van der Waals surface area contributed by atoms with E-state index in [4.69, 9.17) is 0 Å². The summed E-state index contributed by atoms with van der Waals surface area (Å²) in [6, 6.07) is 12.5. The van der Waals surface area contributed by atoms with Gasteiger partial charge in [0.1, 0.15) is 10.3 Å². The number of hydrogen-bond donors (Lipinski definition) is 1. The zero-order valence-electron chi connectivity index (χ0n) is 16.1. The highest BCUT2D eigenvalue weighted by Gasteiger charge is 2.43. The van der Waals surface area contributed by atoms with Crippen LogP contribution < -0.4 is 0 Å². The quantitative estimate of drug-likeness (QED) is 0.754. The summed E-state index contributed by atoms with van der Waals surface area (Å²) in [7, 11) is -1.84. The monoisotopic (exact) mass is 452 g/mol. The Morgan fingerprint density at radius 3 is 2.48 bits per heavy atom. The number of thiophene rings is 1. The smallest absolute Gasteiger partial charge is 0.252 e. The summed E-state index contributed by atoms with van der Waals surface area (Å²) in [6.07, 6.45) is -0.605. The lowest BCUT2D eigenvalue weighted by Crippen LogP contribution is -2.37. The second kappa shape index (κ2) is 8.39. The van der Waals surface area contributed by atoms with E-state index in [0.717, 1.165) is 28.4 Å². The summed E-state index contributed by atoms with van der Waals surface area (Å²) in [5.41, 5.74) is 1.00. The van der Waals surface area contributed by atoms with Gasteiger partial charge < -0.3 is 10.0 Å².